The molecule has 3 aromatic rings. The van der Waals surface area contributed by atoms with Crippen molar-refractivity contribution in [3.8, 4) is 0 Å². The van der Waals surface area contributed by atoms with Gasteiger partial charge in [-0.3, -0.25) is 15.4 Å². The van der Waals surface area contributed by atoms with Crippen molar-refractivity contribution in [1.82, 2.24) is 14.1 Å². The predicted molar refractivity (Wildman–Crippen MR) is 82.7 cm³/mol. The molecular weight excluding hydrogens is 262 g/mol. The van der Waals surface area contributed by atoms with E-state index in [4.69, 9.17) is 10.8 Å². The van der Waals surface area contributed by atoms with Crippen molar-refractivity contribution in [3.05, 3.63) is 59.3 Å². The van der Waals surface area contributed by atoms with Gasteiger partial charge in [0.1, 0.15) is 17.1 Å². The number of nitrogens with one attached hydrogen (secondary N) is 2. The minimum Gasteiger partial charge on any atom is -0.322 e. The van der Waals surface area contributed by atoms with Crippen LogP contribution in [0.25, 0.3) is 11.2 Å². The van der Waals surface area contributed by atoms with Gasteiger partial charge in [0.15, 0.2) is 5.65 Å². The minimum absolute atomic E-state index is 0.277. The predicted octanol–water partition coefficient (Wildman–Crippen LogP) is 2.52. The smallest absolute Gasteiger partial charge is 0.165 e. The zero-order valence-electron chi connectivity index (χ0n) is 12.1. The summed E-state index contributed by atoms with van der Waals surface area (Å²) < 4.78 is 3.67. The highest BCUT2D eigenvalue weighted by atomic mass is 15.2. The Bertz CT molecular complexity index is 871. The molecule has 1 aromatic carbocycles. The molecule has 2 N–H and O–H groups in total. The molecule has 0 spiro atoms. The number of rotatable bonds is 2. The van der Waals surface area contributed by atoms with Gasteiger partial charge in [0.2, 0.25) is 0 Å². The monoisotopic (exact) mass is 279 g/mol. The van der Waals surface area contributed by atoms with Crippen molar-refractivity contribution < 1.29 is 0 Å². The molecule has 5 nitrogen and oxygen atoms in total. The number of aromatic nitrogens is 3. The third-order valence-electron chi connectivity index (χ3n) is 3.55. The molecule has 5 heteroatoms. The topological polar surface area (TPSA) is 70.5 Å². The van der Waals surface area contributed by atoms with E-state index < -0.39 is 0 Å². The van der Waals surface area contributed by atoms with Gasteiger partial charge in [0.25, 0.3) is 0 Å². The highest BCUT2D eigenvalue weighted by Crippen LogP contribution is 2.16. The van der Waals surface area contributed by atoms with Gasteiger partial charge >= 0.3 is 0 Å². The molecule has 106 valence electrons. The van der Waals surface area contributed by atoms with Crippen LogP contribution in [0.15, 0.2) is 42.5 Å². The van der Waals surface area contributed by atoms with E-state index in [9.17, 15) is 0 Å². The summed E-state index contributed by atoms with van der Waals surface area (Å²) in [6, 6.07) is 13.8. The second-order valence-electron chi connectivity index (χ2n) is 5.08. The van der Waals surface area contributed by atoms with Crippen LogP contribution in [0.1, 0.15) is 18.3 Å². The lowest BCUT2D eigenvalue weighted by Crippen LogP contribution is -2.24. The maximum absolute atomic E-state index is 7.96. The van der Waals surface area contributed by atoms with E-state index in [1.54, 1.807) is 17.6 Å². The van der Waals surface area contributed by atoms with Gasteiger partial charge in [0, 0.05) is 6.54 Å². The number of pyridine rings is 1. The lowest BCUT2D eigenvalue weighted by molar-refractivity contribution is 0.786. The van der Waals surface area contributed by atoms with Gasteiger partial charge in [-0.2, -0.15) is 0 Å². The van der Waals surface area contributed by atoms with Crippen LogP contribution in [0.4, 0.5) is 0 Å². The average molecular weight is 279 g/mol. The van der Waals surface area contributed by atoms with Crippen LogP contribution < -0.4 is 5.49 Å². The second-order valence-corrected chi connectivity index (χ2v) is 5.08. The highest BCUT2D eigenvalue weighted by molar-refractivity contribution is 5.88. The Morgan fingerprint density at radius 2 is 1.86 bits per heavy atom. The van der Waals surface area contributed by atoms with Gasteiger partial charge in [-0.15, -0.1) is 0 Å². The number of benzene rings is 1. The van der Waals surface area contributed by atoms with Crippen LogP contribution in [-0.4, -0.2) is 20.0 Å². The summed E-state index contributed by atoms with van der Waals surface area (Å²) in [5.41, 5.74) is 3.09. The summed E-state index contributed by atoms with van der Waals surface area (Å²) in [5.74, 6) is 1.18. The molecule has 0 aliphatic carbocycles. The van der Waals surface area contributed by atoms with Gasteiger partial charge in [-0.25, -0.2) is 4.98 Å². The van der Waals surface area contributed by atoms with Crippen molar-refractivity contribution in [2.45, 2.75) is 20.4 Å². The summed E-state index contributed by atoms with van der Waals surface area (Å²) in [4.78, 5) is 4.56. The molecule has 2 aromatic heterocycles. The van der Waals surface area contributed by atoms with Gasteiger partial charge < -0.3 is 4.57 Å². The van der Waals surface area contributed by atoms with Crippen LogP contribution in [0.2, 0.25) is 0 Å². The maximum Gasteiger partial charge on any atom is 0.165 e. The fraction of sp³-hybridized carbons (Fsp3) is 0.188. The summed E-state index contributed by atoms with van der Waals surface area (Å²) in [6.07, 6.45) is 0. The van der Waals surface area contributed by atoms with Gasteiger partial charge in [-0.1, -0.05) is 30.3 Å². The molecule has 0 aliphatic rings. The number of hydrogen-bond donors (Lipinski definition) is 2. The zero-order valence-corrected chi connectivity index (χ0v) is 12.1. The van der Waals surface area contributed by atoms with Crippen molar-refractivity contribution >= 4 is 17.0 Å². The molecule has 0 bridgehead atoms. The van der Waals surface area contributed by atoms with E-state index in [2.05, 4.69) is 21.7 Å². The first kappa shape index (κ1) is 13.3. The molecule has 0 unspecified atom stereocenters. The first-order chi connectivity index (χ1) is 10.1. The summed E-state index contributed by atoms with van der Waals surface area (Å²) in [5, 5.41) is 15.8. The van der Waals surface area contributed by atoms with E-state index in [0.29, 0.717) is 11.5 Å². The molecular formula is C16H17N5. The Hall–Kier alpha value is -2.69. The molecule has 0 radical (unpaired) electrons. The quantitative estimate of drug-likeness (QED) is 0.549. The standard InChI is InChI=1S/C16H17N5/c1-11(17)21-15(18)9-8-14-16(21)19-12(2)20(14)10-13-6-4-3-5-7-13/h3-9,17-18H,10H2,1-2H3. The molecule has 0 aliphatic heterocycles. The summed E-state index contributed by atoms with van der Waals surface area (Å²) in [7, 11) is 0. The number of aryl methyl sites for hydroxylation is 1. The van der Waals surface area contributed by atoms with Crippen LogP contribution in [0.5, 0.6) is 0 Å². The minimum atomic E-state index is 0.277. The van der Waals surface area contributed by atoms with Crippen LogP contribution in [-0.2, 0) is 6.54 Å². The molecule has 21 heavy (non-hydrogen) atoms. The Morgan fingerprint density at radius 3 is 2.52 bits per heavy atom. The molecule has 0 saturated carbocycles. The third-order valence-corrected chi connectivity index (χ3v) is 3.55. The summed E-state index contributed by atoms with van der Waals surface area (Å²) in [6.45, 7) is 4.36. The molecule has 0 fully saturated rings. The number of hydrogen-bond acceptors (Lipinski definition) is 3. The van der Waals surface area contributed by atoms with Crippen LogP contribution >= 0.6 is 0 Å². The SMILES string of the molecule is CC(=N)n1c(=N)ccc2c1nc(C)n2Cc1ccccc1. The zero-order chi connectivity index (χ0) is 15.0. The molecule has 3 rings (SSSR count). The van der Waals surface area contributed by atoms with Gasteiger partial charge in [-0.05, 0) is 31.5 Å². The van der Waals surface area contributed by atoms with E-state index in [1.807, 2.05) is 31.2 Å². The first-order valence-corrected chi connectivity index (χ1v) is 6.81. The fourth-order valence-corrected chi connectivity index (χ4v) is 2.55. The van der Waals surface area contributed by atoms with Crippen molar-refractivity contribution in [2.75, 3.05) is 0 Å². The average Bonchev–Trinajstić information content (AvgIpc) is 2.75. The number of imidazole rings is 1. The maximum atomic E-state index is 7.96. The molecule has 0 atom stereocenters. The van der Waals surface area contributed by atoms with Crippen LogP contribution in [0, 0.1) is 17.7 Å². The third kappa shape index (κ3) is 2.27. The van der Waals surface area contributed by atoms with Crippen LogP contribution in [0.3, 0.4) is 0 Å². The van der Waals surface area contributed by atoms with E-state index in [1.165, 1.54) is 5.56 Å². The number of fused-ring (bicyclic) bond motifs is 1. The second kappa shape index (κ2) is 5.01. The van der Waals surface area contributed by atoms with E-state index in [0.717, 1.165) is 17.9 Å². The summed E-state index contributed by atoms with van der Waals surface area (Å²) >= 11 is 0. The van der Waals surface area contributed by atoms with E-state index in [-0.39, 0.29) is 5.49 Å². The van der Waals surface area contributed by atoms with Crippen molar-refractivity contribution in [2.24, 2.45) is 0 Å². The Kier molecular flexibility index (Phi) is 3.17. The lowest BCUT2D eigenvalue weighted by Gasteiger charge is -2.08. The Morgan fingerprint density at radius 1 is 1.14 bits per heavy atom. The molecule has 0 amide bonds. The van der Waals surface area contributed by atoms with Crippen molar-refractivity contribution in [3.63, 3.8) is 0 Å². The number of nitrogens with zero attached hydrogens (tertiary/aromatic N) is 3. The molecule has 2 heterocycles. The Balaban J connectivity index is 2.21. The lowest BCUT2D eigenvalue weighted by atomic mass is 10.2. The first-order valence-electron chi connectivity index (χ1n) is 6.81. The molecule has 0 saturated heterocycles. The normalized spacial score (nSPS) is 11.0. The highest BCUT2D eigenvalue weighted by Gasteiger charge is 2.12. The fourth-order valence-electron chi connectivity index (χ4n) is 2.55. The largest absolute Gasteiger partial charge is 0.322 e. The van der Waals surface area contributed by atoms with Crippen molar-refractivity contribution in [1.29, 1.82) is 10.8 Å². The van der Waals surface area contributed by atoms with Gasteiger partial charge in [0.05, 0.1) is 5.52 Å². The van der Waals surface area contributed by atoms with E-state index >= 15 is 0 Å². The Labute approximate surface area is 122 Å².